The Labute approximate surface area is 82.9 Å². The number of hydrogen-bond acceptors (Lipinski definition) is 4. The Morgan fingerprint density at radius 2 is 2.21 bits per heavy atom. The highest BCUT2D eigenvalue weighted by molar-refractivity contribution is 5.88. The van der Waals surface area contributed by atoms with Gasteiger partial charge >= 0.3 is 0 Å². The zero-order valence-corrected chi connectivity index (χ0v) is 8.53. The van der Waals surface area contributed by atoms with Crippen LogP contribution in [0.5, 0.6) is 0 Å². The molecule has 0 aliphatic carbocycles. The second-order valence-corrected chi connectivity index (χ2v) is 3.20. The number of nitrogens with one attached hydrogen (secondary N) is 1. The van der Waals surface area contributed by atoms with E-state index < -0.39 is 0 Å². The van der Waals surface area contributed by atoms with Crippen LogP contribution in [-0.4, -0.2) is 25.0 Å². The van der Waals surface area contributed by atoms with Crippen LogP contribution in [0.25, 0.3) is 0 Å². The molecule has 14 heavy (non-hydrogen) atoms. The molecule has 1 aromatic heterocycles. The molecule has 0 aromatic carbocycles. The van der Waals surface area contributed by atoms with Gasteiger partial charge in [0.15, 0.2) is 0 Å². The van der Waals surface area contributed by atoms with Crippen LogP contribution >= 0.6 is 0 Å². The maximum absolute atomic E-state index is 10.7. The number of hydrogen-bond donors (Lipinski definition) is 2. The average molecular weight is 194 g/mol. The van der Waals surface area contributed by atoms with Crippen molar-refractivity contribution in [2.24, 2.45) is 0 Å². The highest BCUT2D eigenvalue weighted by Crippen LogP contribution is 2.22. The van der Waals surface area contributed by atoms with E-state index in [1.54, 1.807) is 12.3 Å². The zero-order valence-electron chi connectivity index (χ0n) is 8.53. The molecule has 0 fully saturated rings. The van der Waals surface area contributed by atoms with Crippen LogP contribution in [0.15, 0.2) is 12.3 Å². The van der Waals surface area contributed by atoms with E-state index in [0.29, 0.717) is 11.5 Å². The molecular formula is C9H14N4O. The first kappa shape index (κ1) is 10.3. The van der Waals surface area contributed by atoms with Crippen molar-refractivity contribution in [3.63, 3.8) is 0 Å². The van der Waals surface area contributed by atoms with Crippen LogP contribution in [-0.2, 0) is 4.79 Å². The number of nitrogens with two attached hydrogens (primary N) is 1. The number of amides is 1. The molecule has 0 aliphatic heterocycles. The number of anilines is 3. The lowest BCUT2D eigenvalue weighted by molar-refractivity contribution is -0.114. The summed E-state index contributed by atoms with van der Waals surface area (Å²) in [6, 6.07) is 1.64. The Morgan fingerprint density at radius 1 is 1.57 bits per heavy atom. The second kappa shape index (κ2) is 3.95. The number of aromatic nitrogens is 1. The standard InChI is InChI=1S/C9H14N4O/c1-6(14)12-9-4-7(10)8(5-11-9)13(2)3/h4-5H,1-3H3,(H3,10,11,12,14). The van der Waals surface area contributed by atoms with Crippen molar-refractivity contribution in [3.8, 4) is 0 Å². The minimum atomic E-state index is -0.158. The van der Waals surface area contributed by atoms with E-state index in [-0.39, 0.29) is 5.91 Å². The summed E-state index contributed by atoms with van der Waals surface area (Å²) in [4.78, 5) is 16.6. The van der Waals surface area contributed by atoms with Crippen molar-refractivity contribution in [1.82, 2.24) is 4.98 Å². The van der Waals surface area contributed by atoms with Crippen LogP contribution in [0.2, 0.25) is 0 Å². The summed E-state index contributed by atoms with van der Waals surface area (Å²) in [6.07, 6.45) is 1.63. The van der Waals surface area contributed by atoms with Gasteiger partial charge < -0.3 is 16.0 Å². The topological polar surface area (TPSA) is 71.2 Å². The lowest BCUT2D eigenvalue weighted by Gasteiger charge is -2.15. The molecule has 0 radical (unpaired) electrons. The maximum atomic E-state index is 10.7. The molecule has 0 atom stereocenters. The molecule has 0 aliphatic rings. The Balaban J connectivity index is 2.94. The summed E-state index contributed by atoms with van der Waals surface area (Å²) in [6.45, 7) is 1.43. The van der Waals surface area contributed by atoms with Gasteiger partial charge in [0.2, 0.25) is 5.91 Å². The van der Waals surface area contributed by atoms with Gasteiger partial charge in [-0.25, -0.2) is 4.98 Å². The summed E-state index contributed by atoms with van der Waals surface area (Å²) in [5.74, 6) is 0.315. The number of nitrogen functional groups attached to an aromatic ring is 1. The third-order valence-electron chi connectivity index (χ3n) is 1.70. The number of nitrogens with zero attached hydrogens (tertiary/aromatic N) is 2. The third kappa shape index (κ3) is 2.35. The van der Waals surface area contributed by atoms with Gasteiger partial charge in [0.25, 0.3) is 0 Å². The Bertz CT molecular complexity index is 349. The Kier molecular flexibility index (Phi) is 2.91. The van der Waals surface area contributed by atoms with Crippen LogP contribution in [0.3, 0.4) is 0 Å². The van der Waals surface area contributed by atoms with Crippen molar-refractivity contribution in [3.05, 3.63) is 12.3 Å². The van der Waals surface area contributed by atoms with Gasteiger partial charge in [-0.2, -0.15) is 0 Å². The van der Waals surface area contributed by atoms with Gasteiger partial charge in [0.1, 0.15) is 5.82 Å². The number of rotatable bonds is 2. The lowest BCUT2D eigenvalue weighted by atomic mass is 10.3. The van der Waals surface area contributed by atoms with Crippen molar-refractivity contribution >= 4 is 23.1 Å². The molecule has 0 unspecified atom stereocenters. The maximum Gasteiger partial charge on any atom is 0.222 e. The van der Waals surface area contributed by atoms with Gasteiger partial charge in [-0.15, -0.1) is 0 Å². The number of pyridine rings is 1. The van der Waals surface area contributed by atoms with Gasteiger partial charge in [0.05, 0.1) is 17.6 Å². The molecule has 0 spiro atoms. The largest absolute Gasteiger partial charge is 0.397 e. The molecule has 1 heterocycles. The van der Waals surface area contributed by atoms with E-state index in [1.165, 1.54) is 6.92 Å². The highest BCUT2D eigenvalue weighted by atomic mass is 16.1. The van der Waals surface area contributed by atoms with Gasteiger partial charge in [-0.1, -0.05) is 0 Å². The summed E-state index contributed by atoms with van der Waals surface area (Å²) in [5, 5.41) is 2.56. The van der Waals surface area contributed by atoms with Gasteiger partial charge in [-0.05, 0) is 0 Å². The van der Waals surface area contributed by atoms with Crippen molar-refractivity contribution < 1.29 is 4.79 Å². The minimum Gasteiger partial charge on any atom is -0.397 e. The molecule has 1 aromatic rings. The van der Waals surface area contributed by atoms with Gasteiger partial charge in [0, 0.05) is 27.1 Å². The molecule has 1 rings (SSSR count). The quantitative estimate of drug-likeness (QED) is 0.726. The first-order valence-corrected chi connectivity index (χ1v) is 4.21. The van der Waals surface area contributed by atoms with Crippen molar-refractivity contribution in [2.45, 2.75) is 6.92 Å². The first-order chi connectivity index (χ1) is 6.50. The molecule has 76 valence electrons. The summed E-state index contributed by atoms with van der Waals surface area (Å²) in [5.41, 5.74) is 7.19. The third-order valence-corrected chi connectivity index (χ3v) is 1.70. The van der Waals surface area contributed by atoms with Crippen molar-refractivity contribution in [1.29, 1.82) is 0 Å². The zero-order chi connectivity index (χ0) is 10.7. The van der Waals surface area contributed by atoms with Crippen LogP contribution in [0.1, 0.15) is 6.92 Å². The molecule has 3 N–H and O–H groups in total. The monoisotopic (exact) mass is 194 g/mol. The normalized spacial score (nSPS) is 9.64. The predicted octanol–water partition coefficient (Wildman–Crippen LogP) is 0.688. The van der Waals surface area contributed by atoms with E-state index in [2.05, 4.69) is 10.3 Å². The van der Waals surface area contributed by atoms with E-state index >= 15 is 0 Å². The van der Waals surface area contributed by atoms with Crippen LogP contribution < -0.4 is 16.0 Å². The smallest absolute Gasteiger partial charge is 0.222 e. The van der Waals surface area contributed by atoms with E-state index in [0.717, 1.165) is 5.69 Å². The summed E-state index contributed by atoms with van der Waals surface area (Å²) >= 11 is 0. The molecule has 1 amide bonds. The van der Waals surface area contributed by atoms with E-state index in [1.807, 2.05) is 19.0 Å². The molecule has 5 nitrogen and oxygen atoms in total. The summed E-state index contributed by atoms with van der Waals surface area (Å²) in [7, 11) is 3.76. The Morgan fingerprint density at radius 3 is 2.64 bits per heavy atom. The fraction of sp³-hybridized carbons (Fsp3) is 0.333. The Hall–Kier alpha value is -1.78. The number of carbonyl (C=O) groups excluding carboxylic acids is 1. The van der Waals surface area contributed by atoms with E-state index in [9.17, 15) is 4.79 Å². The summed E-state index contributed by atoms with van der Waals surface area (Å²) < 4.78 is 0. The molecule has 0 saturated heterocycles. The van der Waals surface area contributed by atoms with Crippen LogP contribution in [0.4, 0.5) is 17.2 Å². The predicted molar refractivity (Wildman–Crippen MR) is 57.3 cm³/mol. The number of carbonyl (C=O) groups is 1. The average Bonchev–Trinajstić information content (AvgIpc) is 2.01. The molecule has 5 heteroatoms. The molecule has 0 bridgehead atoms. The molecule has 0 saturated carbocycles. The second-order valence-electron chi connectivity index (χ2n) is 3.20. The minimum absolute atomic E-state index is 0.158. The van der Waals surface area contributed by atoms with Crippen LogP contribution in [0, 0.1) is 0 Å². The lowest BCUT2D eigenvalue weighted by Crippen LogP contribution is -2.13. The SMILES string of the molecule is CC(=O)Nc1cc(N)c(N(C)C)cn1. The fourth-order valence-electron chi connectivity index (χ4n) is 1.09. The van der Waals surface area contributed by atoms with Crippen molar-refractivity contribution in [2.75, 3.05) is 30.0 Å². The fourth-order valence-corrected chi connectivity index (χ4v) is 1.09. The van der Waals surface area contributed by atoms with E-state index in [4.69, 9.17) is 5.73 Å². The van der Waals surface area contributed by atoms with Gasteiger partial charge in [-0.3, -0.25) is 4.79 Å². The highest BCUT2D eigenvalue weighted by Gasteiger charge is 2.04. The first-order valence-electron chi connectivity index (χ1n) is 4.21. The molecular weight excluding hydrogens is 180 g/mol.